The molecule has 0 spiro atoms. The molecule has 0 saturated heterocycles. The van der Waals surface area contributed by atoms with E-state index < -0.39 is 8.07 Å². The van der Waals surface area contributed by atoms with Gasteiger partial charge in [0.15, 0.2) is 0 Å². The van der Waals surface area contributed by atoms with Crippen LogP contribution in [0.25, 0.3) is 0 Å². The predicted octanol–water partition coefficient (Wildman–Crippen LogP) is 6.26. The lowest BCUT2D eigenvalue weighted by molar-refractivity contribution is -0.114. The summed E-state index contributed by atoms with van der Waals surface area (Å²) in [5.74, 6) is 1.84. The van der Waals surface area contributed by atoms with Gasteiger partial charge in [0, 0.05) is 6.42 Å². The molecule has 2 aliphatic carbocycles. The van der Waals surface area contributed by atoms with Crippen LogP contribution in [0.2, 0.25) is 19.6 Å². The van der Waals surface area contributed by atoms with Gasteiger partial charge in [0.2, 0.25) is 0 Å². The Bertz CT molecular complexity index is 636. The summed E-state index contributed by atoms with van der Waals surface area (Å²) in [6, 6.07) is 10.6. The van der Waals surface area contributed by atoms with E-state index in [9.17, 15) is 4.79 Å². The zero-order valence-corrected chi connectivity index (χ0v) is 19.0. The molecule has 27 heavy (non-hydrogen) atoms. The summed E-state index contributed by atoms with van der Waals surface area (Å²) in [6.07, 6.45) is 7.48. The van der Waals surface area contributed by atoms with Crippen molar-refractivity contribution in [3.05, 3.63) is 35.9 Å². The highest BCUT2D eigenvalue weighted by molar-refractivity contribution is 7.03. The first-order valence-corrected chi connectivity index (χ1v) is 14.4. The number of ether oxygens (including phenoxy) is 1. The quantitative estimate of drug-likeness (QED) is 0.517. The fourth-order valence-electron chi connectivity index (χ4n) is 5.81. The van der Waals surface area contributed by atoms with Crippen LogP contribution in [0.1, 0.15) is 57.9 Å². The number of carbonyl (C=O) groups excluding carboxylic acids is 1. The number of benzene rings is 1. The van der Waals surface area contributed by atoms with E-state index in [1.807, 2.05) is 0 Å². The third-order valence-corrected chi connectivity index (χ3v) is 9.35. The van der Waals surface area contributed by atoms with Crippen molar-refractivity contribution in [2.24, 2.45) is 23.2 Å². The van der Waals surface area contributed by atoms with E-state index in [0.717, 1.165) is 13.0 Å². The third-order valence-electron chi connectivity index (χ3n) is 7.47. The first-order chi connectivity index (χ1) is 12.7. The Hall–Kier alpha value is -0.933. The van der Waals surface area contributed by atoms with Gasteiger partial charge in [-0.05, 0) is 54.4 Å². The van der Waals surface area contributed by atoms with Crippen LogP contribution in [0.15, 0.2) is 30.3 Å². The molecule has 5 atom stereocenters. The molecule has 2 aliphatic rings. The van der Waals surface area contributed by atoms with Gasteiger partial charge in [-0.1, -0.05) is 70.2 Å². The molecule has 2 fully saturated rings. The zero-order valence-electron chi connectivity index (χ0n) is 18.0. The lowest BCUT2D eigenvalue weighted by Gasteiger charge is -2.46. The van der Waals surface area contributed by atoms with Gasteiger partial charge in [0.1, 0.15) is 13.5 Å². The maximum Gasteiger partial charge on any atom is 0.123 e. The van der Waals surface area contributed by atoms with E-state index in [1.54, 1.807) is 0 Å². The van der Waals surface area contributed by atoms with Crippen LogP contribution in [-0.4, -0.2) is 19.6 Å². The molecule has 0 radical (unpaired) electrons. The summed E-state index contributed by atoms with van der Waals surface area (Å²) in [4.78, 5) is 12.7. The van der Waals surface area contributed by atoms with E-state index in [0.29, 0.717) is 34.7 Å². The lowest BCUT2D eigenvalue weighted by atomic mass is 9.61. The molecular formula is C24H38O2Si. The van der Waals surface area contributed by atoms with Gasteiger partial charge in [0.25, 0.3) is 0 Å². The third kappa shape index (κ3) is 4.56. The maximum absolute atomic E-state index is 12.7. The minimum absolute atomic E-state index is 0.346. The molecule has 1 aromatic rings. The first-order valence-electron chi connectivity index (χ1n) is 10.9. The van der Waals surface area contributed by atoms with Crippen LogP contribution in [0.4, 0.5) is 0 Å². The highest BCUT2D eigenvalue weighted by Crippen LogP contribution is 2.58. The molecular weight excluding hydrogens is 348 g/mol. The molecule has 3 rings (SSSR count). The van der Waals surface area contributed by atoms with E-state index >= 15 is 0 Å². The van der Waals surface area contributed by atoms with Crippen molar-refractivity contribution >= 4 is 13.5 Å². The van der Waals surface area contributed by atoms with Gasteiger partial charge in [-0.15, -0.1) is 0 Å². The van der Waals surface area contributed by atoms with Crippen LogP contribution in [0.3, 0.4) is 0 Å². The second kappa shape index (κ2) is 8.20. The van der Waals surface area contributed by atoms with Crippen molar-refractivity contribution in [1.82, 2.24) is 0 Å². The summed E-state index contributed by atoms with van der Waals surface area (Å²) in [5.41, 5.74) is 1.62. The second-order valence-electron chi connectivity index (χ2n) is 10.4. The molecule has 2 nitrogen and oxygen atoms in total. The molecule has 2 unspecified atom stereocenters. The number of rotatable bonds is 7. The average molecular weight is 387 g/mol. The van der Waals surface area contributed by atoms with Crippen molar-refractivity contribution in [3.63, 3.8) is 0 Å². The van der Waals surface area contributed by atoms with Crippen LogP contribution in [0.5, 0.6) is 0 Å². The van der Waals surface area contributed by atoms with Crippen LogP contribution in [-0.2, 0) is 16.1 Å². The fraction of sp³-hybridized carbons (Fsp3) is 0.708. The van der Waals surface area contributed by atoms with Gasteiger partial charge >= 0.3 is 0 Å². The highest BCUT2D eigenvalue weighted by atomic mass is 28.3. The normalized spacial score (nSPS) is 32.1. The van der Waals surface area contributed by atoms with Crippen molar-refractivity contribution < 1.29 is 9.53 Å². The Balaban J connectivity index is 1.65. The van der Waals surface area contributed by atoms with Crippen LogP contribution >= 0.6 is 0 Å². The standard InChI is InChI=1S/C24H38O2Si/c1-18(16-23(25)27(3,4)5)20-13-14-21-22(12-9-15-24(20,21)2)26-17-19-10-7-6-8-11-19/h6-8,10-11,18,20-22H,9,12-17H2,1-5H3/t18-,20?,21?,22+,24-/m1/s1. The van der Waals surface area contributed by atoms with E-state index in [-0.39, 0.29) is 0 Å². The first kappa shape index (κ1) is 20.8. The molecule has 0 aromatic heterocycles. The van der Waals surface area contributed by atoms with E-state index in [2.05, 4.69) is 63.8 Å². The summed E-state index contributed by atoms with van der Waals surface area (Å²) in [5, 5.41) is 0.551. The molecule has 0 amide bonds. The van der Waals surface area contributed by atoms with E-state index in [1.165, 1.54) is 37.7 Å². The smallest absolute Gasteiger partial charge is 0.123 e. The Morgan fingerprint density at radius 2 is 1.89 bits per heavy atom. The van der Waals surface area contributed by atoms with Crippen molar-refractivity contribution in [2.45, 2.75) is 84.7 Å². The molecule has 1 aromatic carbocycles. The molecule has 0 bridgehead atoms. The van der Waals surface area contributed by atoms with Crippen molar-refractivity contribution in [2.75, 3.05) is 0 Å². The van der Waals surface area contributed by atoms with Gasteiger partial charge < -0.3 is 9.53 Å². The summed E-state index contributed by atoms with van der Waals surface area (Å²) in [6.45, 7) is 12.1. The predicted molar refractivity (Wildman–Crippen MR) is 115 cm³/mol. The van der Waals surface area contributed by atoms with Crippen molar-refractivity contribution in [3.8, 4) is 0 Å². The minimum Gasteiger partial charge on any atom is -0.373 e. The molecule has 3 heteroatoms. The monoisotopic (exact) mass is 386 g/mol. The summed E-state index contributed by atoms with van der Waals surface area (Å²) in [7, 11) is -1.67. The average Bonchev–Trinajstić information content (AvgIpc) is 2.97. The number of hydrogen-bond donors (Lipinski definition) is 0. The van der Waals surface area contributed by atoms with Gasteiger partial charge in [-0.2, -0.15) is 0 Å². The van der Waals surface area contributed by atoms with E-state index in [4.69, 9.17) is 4.74 Å². The molecule has 150 valence electrons. The molecule has 0 heterocycles. The lowest BCUT2D eigenvalue weighted by Crippen LogP contribution is -2.43. The fourth-order valence-corrected chi connectivity index (χ4v) is 6.75. The Morgan fingerprint density at radius 1 is 1.19 bits per heavy atom. The van der Waals surface area contributed by atoms with Gasteiger partial charge in [-0.3, -0.25) is 0 Å². The number of fused-ring (bicyclic) bond motifs is 1. The van der Waals surface area contributed by atoms with Crippen LogP contribution in [0, 0.1) is 23.2 Å². The second-order valence-corrected chi connectivity index (χ2v) is 15.4. The maximum atomic E-state index is 12.7. The van der Waals surface area contributed by atoms with Crippen molar-refractivity contribution in [1.29, 1.82) is 0 Å². The molecule has 2 saturated carbocycles. The van der Waals surface area contributed by atoms with Gasteiger partial charge in [-0.25, -0.2) is 0 Å². The largest absolute Gasteiger partial charge is 0.373 e. The SMILES string of the molecule is C[C@H](CC(=O)[Si](C)(C)C)C1CCC2[C@@H](OCc3ccccc3)CCC[C@]12C. The minimum atomic E-state index is -1.67. The topological polar surface area (TPSA) is 26.3 Å². The number of carbonyl (C=O) groups is 1. The summed E-state index contributed by atoms with van der Waals surface area (Å²) >= 11 is 0. The zero-order chi connectivity index (χ0) is 19.7. The Morgan fingerprint density at radius 3 is 2.56 bits per heavy atom. The Labute approximate surface area is 167 Å². The summed E-state index contributed by atoms with van der Waals surface area (Å²) < 4.78 is 6.45. The Kier molecular flexibility index (Phi) is 6.32. The molecule has 0 aliphatic heterocycles. The van der Waals surface area contributed by atoms with Crippen LogP contribution < -0.4 is 0 Å². The highest BCUT2D eigenvalue weighted by Gasteiger charge is 2.53. The van der Waals surface area contributed by atoms with Gasteiger partial charge in [0.05, 0.1) is 12.7 Å². The molecule has 0 N–H and O–H groups in total. The number of hydrogen-bond acceptors (Lipinski definition) is 2.